The van der Waals surface area contributed by atoms with Crippen LogP contribution in [0.15, 0.2) is 30.7 Å². The monoisotopic (exact) mass is 488 g/mol. The summed E-state index contributed by atoms with van der Waals surface area (Å²) in [7, 11) is 3.01. The number of aromatic amines is 1. The number of benzene rings is 1. The van der Waals surface area contributed by atoms with Crippen LogP contribution in [0.5, 0.6) is 6.01 Å². The molecule has 3 heterocycles. The van der Waals surface area contributed by atoms with E-state index in [0.29, 0.717) is 51.6 Å². The quantitative estimate of drug-likeness (QED) is 0.417. The highest BCUT2D eigenvalue weighted by molar-refractivity contribution is 6.15. The van der Waals surface area contributed by atoms with Crippen LogP contribution in [0.3, 0.4) is 0 Å². The van der Waals surface area contributed by atoms with Gasteiger partial charge in [0.05, 0.1) is 29.8 Å². The second kappa shape index (κ2) is 8.16. The molecule has 0 saturated heterocycles. The molecule has 1 aliphatic carbocycles. The Balaban J connectivity index is 1.78. The van der Waals surface area contributed by atoms with Crippen molar-refractivity contribution in [3.05, 3.63) is 42.1 Å². The zero-order valence-corrected chi connectivity index (χ0v) is 20.6. The predicted octanol–water partition coefficient (Wildman–Crippen LogP) is 5.25. The van der Waals surface area contributed by atoms with Crippen molar-refractivity contribution in [2.45, 2.75) is 44.6 Å². The van der Waals surface area contributed by atoms with Gasteiger partial charge in [-0.05, 0) is 51.3 Å². The summed E-state index contributed by atoms with van der Waals surface area (Å²) in [5.74, 6) is -0.528. The van der Waals surface area contributed by atoms with Crippen molar-refractivity contribution in [1.29, 1.82) is 5.26 Å². The van der Waals surface area contributed by atoms with Gasteiger partial charge in [-0.1, -0.05) is 0 Å². The van der Waals surface area contributed by atoms with Gasteiger partial charge < -0.3 is 14.5 Å². The molecule has 1 aliphatic rings. The molecule has 184 valence electrons. The van der Waals surface area contributed by atoms with Gasteiger partial charge in [-0.2, -0.15) is 5.26 Å². The van der Waals surface area contributed by atoms with Crippen molar-refractivity contribution in [2.24, 2.45) is 0 Å². The number of carbonyl (C=O) groups excluding carboxylic acids is 1. The number of nitrogens with zero attached hydrogens (tertiary/aromatic N) is 5. The fourth-order valence-electron chi connectivity index (χ4n) is 4.42. The molecule has 3 aromatic heterocycles. The lowest BCUT2D eigenvalue weighted by Gasteiger charge is -2.25. The van der Waals surface area contributed by atoms with E-state index in [1.165, 1.54) is 31.2 Å². The number of ether oxygens (including phenoxy) is 2. The van der Waals surface area contributed by atoms with Gasteiger partial charge >= 0.3 is 12.1 Å². The van der Waals surface area contributed by atoms with Crippen LogP contribution >= 0.6 is 0 Å². The van der Waals surface area contributed by atoms with Gasteiger partial charge in [-0.15, -0.1) is 0 Å². The number of pyridine rings is 1. The summed E-state index contributed by atoms with van der Waals surface area (Å²) in [5.41, 5.74) is 1.96. The zero-order chi connectivity index (χ0) is 25.8. The molecular weight excluding hydrogens is 463 g/mol. The van der Waals surface area contributed by atoms with E-state index in [0.717, 1.165) is 5.56 Å². The number of amides is 1. The van der Waals surface area contributed by atoms with Crippen LogP contribution in [0.4, 0.5) is 14.9 Å². The highest BCUT2D eigenvalue weighted by Crippen LogP contribution is 2.54. The molecule has 0 atom stereocenters. The summed E-state index contributed by atoms with van der Waals surface area (Å²) >= 11 is 0. The van der Waals surface area contributed by atoms with Gasteiger partial charge in [0.2, 0.25) is 0 Å². The first-order chi connectivity index (χ1) is 17.1. The third-order valence-electron chi connectivity index (χ3n) is 6.27. The molecule has 36 heavy (non-hydrogen) atoms. The number of hydrogen-bond donors (Lipinski definition) is 1. The average molecular weight is 489 g/mol. The highest BCUT2D eigenvalue weighted by atomic mass is 19.1. The fourth-order valence-corrected chi connectivity index (χ4v) is 4.42. The van der Waals surface area contributed by atoms with E-state index >= 15 is 0 Å². The molecule has 1 fully saturated rings. The molecule has 4 aromatic rings. The van der Waals surface area contributed by atoms with Crippen molar-refractivity contribution < 1.29 is 18.7 Å². The van der Waals surface area contributed by atoms with E-state index in [2.05, 4.69) is 26.0 Å². The van der Waals surface area contributed by atoms with Gasteiger partial charge in [0, 0.05) is 47.5 Å². The Morgan fingerprint density at radius 1 is 1.19 bits per heavy atom. The molecular formula is C26H25FN6O3. The Kier molecular flexibility index (Phi) is 5.32. The number of nitriles is 1. The normalized spacial score (nSPS) is 14.5. The van der Waals surface area contributed by atoms with Gasteiger partial charge in [0.25, 0.3) is 0 Å². The van der Waals surface area contributed by atoms with E-state index in [1.807, 2.05) is 0 Å². The fraction of sp³-hybridized carbons (Fsp3) is 0.346. The molecule has 1 saturated carbocycles. The molecule has 1 amide bonds. The Morgan fingerprint density at radius 3 is 2.47 bits per heavy atom. The van der Waals surface area contributed by atoms with E-state index in [9.17, 15) is 14.4 Å². The highest BCUT2D eigenvalue weighted by Gasteiger charge is 2.48. The first-order valence-electron chi connectivity index (χ1n) is 11.5. The predicted molar refractivity (Wildman–Crippen MR) is 132 cm³/mol. The number of anilines is 1. The van der Waals surface area contributed by atoms with Crippen LogP contribution in [0, 0.1) is 17.1 Å². The van der Waals surface area contributed by atoms with Crippen LogP contribution < -0.4 is 9.64 Å². The Labute approximate surface area is 206 Å². The van der Waals surface area contributed by atoms with Gasteiger partial charge in [0.15, 0.2) is 0 Å². The van der Waals surface area contributed by atoms with Gasteiger partial charge in [-0.25, -0.2) is 24.1 Å². The number of nitrogens with one attached hydrogen (secondary N) is 1. The summed E-state index contributed by atoms with van der Waals surface area (Å²) < 4.78 is 25.5. The van der Waals surface area contributed by atoms with Gasteiger partial charge in [-0.3, -0.25) is 4.90 Å². The third-order valence-corrected chi connectivity index (χ3v) is 6.27. The maximum absolute atomic E-state index is 15.0. The van der Waals surface area contributed by atoms with E-state index < -0.39 is 22.9 Å². The molecule has 5 rings (SSSR count). The first-order valence-corrected chi connectivity index (χ1v) is 11.5. The smallest absolute Gasteiger partial charge is 0.414 e. The summed E-state index contributed by atoms with van der Waals surface area (Å²) in [6.07, 6.45) is 5.61. The minimum Gasteiger partial charge on any atom is -0.467 e. The van der Waals surface area contributed by atoms with Crippen LogP contribution in [-0.4, -0.2) is 45.8 Å². The first kappa shape index (κ1) is 23.5. The summed E-state index contributed by atoms with van der Waals surface area (Å²) in [6, 6.07) is 5.35. The maximum Gasteiger partial charge on any atom is 0.414 e. The molecule has 10 heteroatoms. The number of halogens is 1. The van der Waals surface area contributed by atoms with Gasteiger partial charge in [0.1, 0.15) is 17.1 Å². The van der Waals surface area contributed by atoms with Crippen molar-refractivity contribution in [2.75, 3.05) is 19.1 Å². The molecule has 1 aromatic carbocycles. The number of methoxy groups -OCH3 is 1. The lowest BCUT2D eigenvalue weighted by atomic mass is 9.88. The molecule has 0 aliphatic heterocycles. The largest absolute Gasteiger partial charge is 0.467 e. The third kappa shape index (κ3) is 3.86. The number of carbonyl (C=O) groups is 1. The molecule has 0 bridgehead atoms. The zero-order valence-electron chi connectivity index (χ0n) is 20.6. The SMILES string of the molecule is COc1ncc(-c2cnc3[nH]c4c(N(C)C(=O)OC(C)(C)C)cc(F)cc4c3c2C2(C#N)CC2)cn1. The Morgan fingerprint density at radius 2 is 1.89 bits per heavy atom. The maximum atomic E-state index is 15.0. The van der Waals surface area contributed by atoms with E-state index in [4.69, 9.17) is 9.47 Å². The molecule has 1 N–H and O–H groups in total. The molecule has 9 nitrogen and oxygen atoms in total. The molecule has 0 unspecified atom stereocenters. The van der Waals surface area contributed by atoms with Crippen molar-refractivity contribution >= 4 is 33.7 Å². The number of fused-ring (bicyclic) bond motifs is 3. The van der Waals surface area contributed by atoms with Crippen molar-refractivity contribution in [3.8, 4) is 23.2 Å². The Bertz CT molecular complexity index is 1540. The van der Waals surface area contributed by atoms with Crippen molar-refractivity contribution in [3.63, 3.8) is 0 Å². The summed E-state index contributed by atoms with van der Waals surface area (Å²) in [6.45, 7) is 5.29. The second-order valence-corrected chi connectivity index (χ2v) is 9.93. The molecule has 0 spiro atoms. The Hall–Kier alpha value is -4.26. The standard InChI is InChI=1S/C26H25FN6O3/c1-25(2,3)36-24(34)33(4)18-9-15(27)8-16-19-20(26(13-28)6-7-26)17(12-29-22(19)32-21(16)18)14-10-30-23(35-5)31-11-14/h8-12H,6-7H2,1-5H3,(H,29,32). The van der Waals surface area contributed by atoms with Crippen LogP contribution in [0.25, 0.3) is 33.1 Å². The minimum atomic E-state index is -0.741. The van der Waals surface area contributed by atoms with Crippen LogP contribution in [-0.2, 0) is 10.2 Å². The van der Waals surface area contributed by atoms with E-state index in [1.54, 1.807) is 39.4 Å². The lowest BCUT2D eigenvalue weighted by molar-refractivity contribution is 0.0589. The topological polar surface area (TPSA) is 117 Å². The number of H-pyrrole nitrogens is 1. The average Bonchev–Trinajstić information content (AvgIpc) is 3.55. The lowest BCUT2D eigenvalue weighted by Crippen LogP contribution is -2.34. The minimum absolute atomic E-state index is 0.222. The van der Waals surface area contributed by atoms with Crippen LogP contribution in [0.1, 0.15) is 39.2 Å². The van der Waals surface area contributed by atoms with E-state index in [-0.39, 0.29) is 6.01 Å². The van der Waals surface area contributed by atoms with Crippen LogP contribution in [0.2, 0.25) is 0 Å². The summed E-state index contributed by atoms with van der Waals surface area (Å²) in [4.78, 5) is 30.3. The summed E-state index contributed by atoms with van der Waals surface area (Å²) in [5, 5.41) is 11.3. The number of hydrogen-bond acceptors (Lipinski definition) is 7. The van der Waals surface area contributed by atoms with Crippen molar-refractivity contribution in [1.82, 2.24) is 19.9 Å². The second-order valence-electron chi connectivity index (χ2n) is 9.93. The number of rotatable bonds is 4. The number of aromatic nitrogens is 4. The molecule has 0 radical (unpaired) electrons.